The van der Waals surface area contributed by atoms with E-state index in [1.54, 1.807) is 31.1 Å². The average molecular weight is 1250 g/mol. The number of amides is 3. The Hall–Kier alpha value is -9.46. The van der Waals surface area contributed by atoms with Crippen molar-refractivity contribution in [3.8, 4) is 0 Å². The quantitative estimate of drug-likeness (QED) is 0.0186. The van der Waals surface area contributed by atoms with E-state index in [1.807, 2.05) is 217 Å². The monoisotopic (exact) mass is 1250 g/mol. The number of nitrogens with one attached hydrogen (secondary N) is 2. The van der Waals surface area contributed by atoms with Crippen molar-refractivity contribution in [2.45, 2.75) is 60.1 Å². The minimum Gasteiger partial charge on any atom is -0.469 e. The third-order valence-electron chi connectivity index (χ3n) is 15.1. The predicted molar refractivity (Wildman–Crippen MR) is 355 cm³/mol. The van der Waals surface area contributed by atoms with Crippen molar-refractivity contribution in [1.29, 1.82) is 0 Å². The van der Waals surface area contributed by atoms with Gasteiger partial charge in [0.05, 0.1) is 11.9 Å². The molecule has 2 aliphatic rings. The molecule has 2 aliphatic heterocycles. The minimum atomic E-state index is -1.39. The molecule has 2 atom stereocenters. The van der Waals surface area contributed by atoms with Gasteiger partial charge in [0.2, 0.25) is 10.7 Å². The van der Waals surface area contributed by atoms with Crippen LogP contribution in [-0.2, 0) is 35.0 Å². The molecule has 1 saturated heterocycles. The van der Waals surface area contributed by atoms with E-state index in [0.29, 0.717) is 22.2 Å². The smallest absolute Gasteiger partial charge is 0.413 e. The van der Waals surface area contributed by atoms with Crippen LogP contribution in [0.5, 0.6) is 0 Å². The van der Waals surface area contributed by atoms with Crippen molar-refractivity contribution in [3.05, 3.63) is 316 Å². The number of thiazole rings is 1. The number of aromatic nitrogens is 4. The molecule has 8 aromatic carbocycles. The number of fused-ring (bicyclic) bond motifs is 1. The third kappa shape index (κ3) is 12.5. The summed E-state index contributed by atoms with van der Waals surface area (Å²) in [6, 6.07) is 78.3. The first-order valence-corrected chi connectivity index (χ1v) is 32.1. The normalized spacial score (nSPS) is 15.2. The molecule has 444 valence electrons. The summed E-state index contributed by atoms with van der Waals surface area (Å²) in [5.74, 6) is -0.399. The van der Waals surface area contributed by atoms with E-state index in [1.165, 1.54) is 23.5 Å². The highest BCUT2D eigenvalue weighted by atomic mass is 32.2. The highest BCUT2D eigenvalue weighted by Crippen LogP contribution is 2.46. The molecule has 12 rings (SSSR count). The number of carbonyl (C=O) groups excluding carboxylic acids is 3. The summed E-state index contributed by atoms with van der Waals surface area (Å²) in [5, 5.41) is 22.0. The Bertz CT molecular complexity index is 3930. The summed E-state index contributed by atoms with van der Waals surface area (Å²) >= 11 is 10.4. The Morgan fingerprint density at radius 1 is 0.674 bits per heavy atom. The summed E-state index contributed by atoms with van der Waals surface area (Å²) in [6.45, 7) is 5.27. The third-order valence-corrected chi connectivity index (χ3v) is 18.5. The van der Waals surface area contributed by atoms with Crippen molar-refractivity contribution in [3.63, 3.8) is 0 Å². The summed E-state index contributed by atoms with van der Waals surface area (Å²) in [5.41, 5.74) is 4.96. The summed E-state index contributed by atoms with van der Waals surface area (Å²) in [4.78, 5) is 56.8. The fourth-order valence-electron chi connectivity index (χ4n) is 11.1. The van der Waals surface area contributed by atoms with Crippen LogP contribution in [-0.4, -0.2) is 82.1 Å². The van der Waals surface area contributed by atoms with Gasteiger partial charge in [0.15, 0.2) is 10.8 Å². The molecule has 3 amide bonds. The van der Waals surface area contributed by atoms with Gasteiger partial charge < -0.3 is 19.6 Å². The molecule has 89 heavy (non-hydrogen) atoms. The largest absolute Gasteiger partial charge is 0.469 e. The van der Waals surface area contributed by atoms with Crippen LogP contribution >= 0.6 is 47.1 Å². The van der Waals surface area contributed by atoms with E-state index in [0.717, 1.165) is 61.4 Å². The van der Waals surface area contributed by atoms with Crippen LogP contribution in [0.15, 0.2) is 276 Å². The van der Waals surface area contributed by atoms with Crippen molar-refractivity contribution >= 4 is 80.9 Å². The zero-order valence-electron chi connectivity index (χ0n) is 48.7. The molecule has 0 saturated carbocycles. The summed E-state index contributed by atoms with van der Waals surface area (Å²) < 4.78 is 14.4. The number of carbonyl (C=O) groups is 3. The Morgan fingerprint density at radius 3 is 1.61 bits per heavy atom. The first-order valence-electron chi connectivity index (χ1n) is 28.8. The van der Waals surface area contributed by atoms with Crippen molar-refractivity contribution < 1.29 is 28.7 Å². The lowest BCUT2D eigenvalue weighted by molar-refractivity contribution is -0.144. The molecule has 10 aromatic rings. The van der Waals surface area contributed by atoms with E-state index in [-0.39, 0.29) is 21.6 Å². The molecule has 18 heteroatoms. The molecule has 0 radical (unpaired) electrons. The number of oxime groups is 1. The summed E-state index contributed by atoms with van der Waals surface area (Å²) in [7, 11) is 0. The van der Waals surface area contributed by atoms with Gasteiger partial charge in [-0.1, -0.05) is 265 Å². The number of β-lactam (4-membered cyclic amide) rings is 1. The second-order valence-corrected chi connectivity index (χ2v) is 25.3. The van der Waals surface area contributed by atoms with Crippen LogP contribution in [0.4, 0.5) is 9.93 Å². The lowest BCUT2D eigenvalue weighted by Gasteiger charge is -2.50. The highest BCUT2D eigenvalue weighted by molar-refractivity contribution is 8.01. The van der Waals surface area contributed by atoms with Crippen LogP contribution < -0.4 is 10.6 Å². The Morgan fingerprint density at radius 2 is 1.13 bits per heavy atom. The van der Waals surface area contributed by atoms with E-state index >= 15 is 9.59 Å². The topological polar surface area (TPSA) is 162 Å². The zero-order valence-corrected chi connectivity index (χ0v) is 51.9. The number of thioether (sulfide) groups is 2. The molecule has 14 nitrogen and oxygen atoms in total. The molecule has 0 bridgehead atoms. The summed E-state index contributed by atoms with van der Waals surface area (Å²) in [6.07, 6.45) is 0.612. The number of thiocarbonyl (C=S) groups is 1. The molecular formula is C71H60N8O6S4. The average Bonchev–Trinajstić information content (AvgIpc) is 1.67. The van der Waals surface area contributed by atoms with E-state index in [9.17, 15) is 4.79 Å². The zero-order chi connectivity index (χ0) is 61.4. The first kappa shape index (κ1) is 59.9. The van der Waals surface area contributed by atoms with Crippen molar-refractivity contribution in [2.24, 2.45) is 5.16 Å². The van der Waals surface area contributed by atoms with E-state index in [2.05, 4.69) is 52.0 Å². The Balaban J connectivity index is 0.898. The molecule has 0 spiro atoms. The number of rotatable bonds is 20. The van der Waals surface area contributed by atoms with Crippen LogP contribution in [0.2, 0.25) is 0 Å². The lowest BCUT2D eigenvalue weighted by Crippen LogP contribution is -2.71. The second-order valence-electron chi connectivity index (χ2n) is 22.0. The fraction of sp³-hybridized carbons (Fsp3) is 0.155. The van der Waals surface area contributed by atoms with Crippen LogP contribution in [0.1, 0.15) is 77.1 Å². The van der Waals surface area contributed by atoms with Gasteiger partial charge in [-0.25, -0.2) is 14.5 Å². The van der Waals surface area contributed by atoms with E-state index < -0.39 is 52.2 Å². The molecule has 2 N–H and O–H groups in total. The van der Waals surface area contributed by atoms with Crippen molar-refractivity contribution in [2.75, 3.05) is 16.8 Å². The van der Waals surface area contributed by atoms with Gasteiger partial charge in [0, 0.05) is 33.6 Å². The first-order chi connectivity index (χ1) is 43.4. The molecular weight excluding hydrogens is 1190 g/mol. The fourth-order valence-corrected chi connectivity index (χ4v) is 14.5. The maximum Gasteiger partial charge on any atom is 0.413 e. The van der Waals surface area contributed by atoms with Gasteiger partial charge in [-0.3, -0.25) is 19.8 Å². The predicted octanol–water partition coefficient (Wildman–Crippen LogP) is 14.2. The van der Waals surface area contributed by atoms with Crippen LogP contribution in [0.3, 0.4) is 0 Å². The molecule has 0 aliphatic carbocycles. The minimum absolute atomic E-state index is 0.0781. The lowest BCUT2D eigenvalue weighted by atomic mass is 9.77. The van der Waals surface area contributed by atoms with Gasteiger partial charge in [-0.2, -0.15) is 0 Å². The number of hydrogen-bond acceptors (Lipinski definition) is 14. The van der Waals surface area contributed by atoms with Crippen LogP contribution in [0, 0.1) is 0 Å². The maximum absolute atomic E-state index is 15.3. The van der Waals surface area contributed by atoms with Gasteiger partial charge in [0.25, 0.3) is 11.8 Å². The molecule has 2 aromatic heterocycles. The second kappa shape index (κ2) is 26.5. The number of nitrogens with zero attached hydrogens (tertiary/aromatic N) is 6. The SMILES string of the molecule is CC(C)(C)OC(=O)Nc1nc(/C(=N\OC(c2ccccc2)(c2ccccc2)c2ccccc2)C(=O)N[C@@H]2C(=O)N3C(C(=S)OC(c4ccccc4)c4ccccc4)=C(CSc4cn(C(c5ccccc5)(c5ccccc5)c5ccccc5)nn4)CS[C@H]23)cs1. The van der Waals surface area contributed by atoms with Gasteiger partial charge in [-0.15, -0.1) is 28.2 Å². The highest BCUT2D eigenvalue weighted by Gasteiger charge is 2.54. The number of anilines is 1. The maximum atomic E-state index is 15.3. The van der Waals surface area contributed by atoms with E-state index in [4.69, 9.17) is 42.0 Å². The Labute approximate surface area is 534 Å². The van der Waals surface area contributed by atoms with Crippen molar-refractivity contribution in [1.82, 2.24) is 30.2 Å². The molecule has 0 unspecified atom stereocenters. The number of ether oxygens (including phenoxy) is 2. The molecule has 1 fully saturated rings. The molecule has 4 heterocycles. The Kier molecular flexibility index (Phi) is 17.8. The van der Waals surface area contributed by atoms with Crippen LogP contribution in [0.25, 0.3) is 0 Å². The van der Waals surface area contributed by atoms with Gasteiger partial charge in [-0.05, 0) is 66.4 Å². The standard InChI is InChI=1S/C71H60N8O6S4/c1-69(2,3)84-68(82)74-67-72-57(47-89-67)59(76-85-71(54-38-22-9-23-39-54,55-40-24-10-25-41-55)56-42-26-11-27-43-56)63(80)73-60-64(81)79-61(66(86)83-62(48-28-12-4-13-29-48)49-30-14-5-15-31-49)50(46-88-65(60)79)45-87-58-44-78(77-75-58)70(51-32-16-6-17-33-51,52-34-18-7-19-35-52)53-36-20-8-21-37-53/h4-44,47,60,62,65H,45-46H2,1-3H3,(H,73,80)(H,72,74,82)/b76-59+/t60-,65-/m1/s1. The van der Waals surface area contributed by atoms with Gasteiger partial charge >= 0.3 is 6.09 Å². The number of hydrogen-bond donors (Lipinski definition) is 2. The number of benzene rings is 8. The van der Waals surface area contributed by atoms with Gasteiger partial charge in [0.1, 0.15) is 39.4 Å².